The Morgan fingerprint density at radius 1 is 1.53 bits per heavy atom. The molecular weight excluding hydrogens is 210 g/mol. The molecule has 0 bridgehead atoms. The maximum absolute atomic E-state index is 4.25. The lowest BCUT2D eigenvalue weighted by atomic mass is 10.1. The van der Waals surface area contributed by atoms with Gasteiger partial charge in [-0.05, 0) is 6.54 Å². The first kappa shape index (κ1) is 10.3. The Kier molecular flexibility index (Phi) is 3.08. The molecule has 0 saturated heterocycles. The second-order valence-corrected chi connectivity index (χ2v) is 3.83. The molecule has 0 aromatic carbocycles. The van der Waals surface area contributed by atoms with Crippen LogP contribution in [0.2, 0.25) is 0 Å². The third kappa shape index (κ3) is 2.21. The monoisotopic (exact) mass is 223 g/mol. The molecule has 0 saturated carbocycles. The SMILES string of the molecule is CCNC(c1cnn(C)c1)c1cnsn1. The van der Waals surface area contributed by atoms with Gasteiger partial charge in [0.05, 0.1) is 35.9 Å². The molecule has 1 N–H and O–H groups in total. The summed E-state index contributed by atoms with van der Waals surface area (Å²) < 4.78 is 10.1. The number of aromatic nitrogens is 4. The normalized spacial score (nSPS) is 12.9. The predicted molar refractivity (Wildman–Crippen MR) is 58.6 cm³/mol. The van der Waals surface area contributed by atoms with Crippen LogP contribution in [0.15, 0.2) is 18.6 Å². The Hall–Kier alpha value is -1.27. The Morgan fingerprint density at radius 3 is 2.93 bits per heavy atom. The summed E-state index contributed by atoms with van der Waals surface area (Å²) in [7, 11) is 1.91. The zero-order valence-corrected chi connectivity index (χ0v) is 9.53. The summed E-state index contributed by atoms with van der Waals surface area (Å²) in [6, 6.07) is 0.0995. The Balaban J connectivity index is 2.27. The van der Waals surface area contributed by atoms with Crippen molar-refractivity contribution < 1.29 is 0 Å². The van der Waals surface area contributed by atoms with Crippen molar-refractivity contribution >= 4 is 11.7 Å². The van der Waals surface area contributed by atoms with E-state index in [-0.39, 0.29) is 6.04 Å². The number of hydrogen-bond acceptors (Lipinski definition) is 5. The lowest BCUT2D eigenvalue weighted by Crippen LogP contribution is -2.21. The van der Waals surface area contributed by atoms with Gasteiger partial charge in [-0.1, -0.05) is 6.92 Å². The van der Waals surface area contributed by atoms with Gasteiger partial charge < -0.3 is 5.32 Å². The van der Waals surface area contributed by atoms with Gasteiger partial charge in [0.1, 0.15) is 0 Å². The molecule has 0 radical (unpaired) electrons. The van der Waals surface area contributed by atoms with Gasteiger partial charge in [0.25, 0.3) is 0 Å². The lowest BCUT2D eigenvalue weighted by Gasteiger charge is -2.12. The van der Waals surface area contributed by atoms with E-state index in [1.807, 2.05) is 19.4 Å². The van der Waals surface area contributed by atoms with Gasteiger partial charge in [-0.15, -0.1) is 0 Å². The van der Waals surface area contributed by atoms with Crippen LogP contribution >= 0.6 is 11.7 Å². The summed E-state index contributed by atoms with van der Waals surface area (Å²) >= 11 is 1.23. The Labute approximate surface area is 92.5 Å². The number of rotatable bonds is 4. The quantitative estimate of drug-likeness (QED) is 0.839. The molecule has 2 aromatic rings. The molecule has 0 aliphatic heterocycles. The Morgan fingerprint density at radius 2 is 2.40 bits per heavy atom. The molecule has 2 aromatic heterocycles. The predicted octanol–water partition coefficient (Wildman–Crippen LogP) is 0.970. The first-order chi connectivity index (χ1) is 7.31. The topological polar surface area (TPSA) is 55.6 Å². The molecule has 0 fully saturated rings. The van der Waals surface area contributed by atoms with Crippen LogP contribution in [0.25, 0.3) is 0 Å². The molecule has 0 amide bonds. The summed E-state index contributed by atoms with van der Waals surface area (Å²) in [5, 5.41) is 7.53. The van der Waals surface area contributed by atoms with Gasteiger partial charge in [0.15, 0.2) is 0 Å². The summed E-state index contributed by atoms with van der Waals surface area (Å²) in [6.07, 6.45) is 5.64. The zero-order valence-electron chi connectivity index (χ0n) is 8.71. The van der Waals surface area contributed by atoms with Crippen molar-refractivity contribution in [3.05, 3.63) is 29.8 Å². The minimum Gasteiger partial charge on any atom is -0.305 e. The fourth-order valence-electron chi connectivity index (χ4n) is 1.49. The highest BCUT2D eigenvalue weighted by Crippen LogP contribution is 2.19. The molecule has 2 heterocycles. The van der Waals surface area contributed by atoms with Crippen molar-refractivity contribution in [1.82, 2.24) is 23.8 Å². The first-order valence-corrected chi connectivity index (χ1v) is 5.53. The second-order valence-electron chi connectivity index (χ2n) is 3.27. The molecule has 6 heteroatoms. The van der Waals surface area contributed by atoms with Gasteiger partial charge in [-0.3, -0.25) is 4.68 Å². The molecule has 0 aliphatic carbocycles. The molecule has 0 spiro atoms. The number of nitrogens with one attached hydrogen (secondary N) is 1. The molecule has 0 aliphatic rings. The van der Waals surface area contributed by atoms with E-state index in [1.54, 1.807) is 10.9 Å². The van der Waals surface area contributed by atoms with Crippen LogP contribution in [0, 0.1) is 0 Å². The van der Waals surface area contributed by atoms with E-state index in [0.29, 0.717) is 0 Å². The molecule has 1 atom stereocenters. The minimum absolute atomic E-state index is 0.0995. The van der Waals surface area contributed by atoms with Gasteiger partial charge in [0, 0.05) is 18.8 Å². The van der Waals surface area contributed by atoms with Crippen molar-refractivity contribution in [2.24, 2.45) is 7.05 Å². The van der Waals surface area contributed by atoms with Crippen LogP contribution in [0.3, 0.4) is 0 Å². The highest BCUT2D eigenvalue weighted by Gasteiger charge is 2.16. The van der Waals surface area contributed by atoms with E-state index < -0.39 is 0 Å². The van der Waals surface area contributed by atoms with Gasteiger partial charge in [-0.2, -0.15) is 13.8 Å². The van der Waals surface area contributed by atoms with Crippen molar-refractivity contribution in [1.29, 1.82) is 0 Å². The van der Waals surface area contributed by atoms with Crippen LogP contribution in [-0.2, 0) is 7.05 Å². The van der Waals surface area contributed by atoms with Crippen LogP contribution in [0.5, 0.6) is 0 Å². The maximum atomic E-state index is 4.25. The Bertz CT molecular complexity index is 408. The van der Waals surface area contributed by atoms with Crippen molar-refractivity contribution in [3.63, 3.8) is 0 Å². The molecule has 2 rings (SSSR count). The average molecular weight is 223 g/mol. The average Bonchev–Trinajstić information content (AvgIpc) is 2.85. The van der Waals surface area contributed by atoms with Crippen molar-refractivity contribution in [2.75, 3.05) is 6.54 Å². The van der Waals surface area contributed by atoms with E-state index in [9.17, 15) is 0 Å². The third-order valence-electron chi connectivity index (χ3n) is 2.14. The summed E-state index contributed by atoms with van der Waals surface area (Å²) in [4.78, 5) is 0. The van der Waals surface area contributed by atoms with Crippen LogP contribution in [0.4, 0.5) is 0 Å². The fraction of sp³-hybridized carbons (Fsp3) is 0.444. The van der Waals surface area contributed by atoms with Crippen LogP contribution in [-0.4, -0.2) is 25.1 Å². The fourth-order valence-corrected chi connectivity index (χ4v) is 1.93. The minimum atomic E-state index is 0.0995. The first-order valence-electron chi connectivity index (χ1n) is 4.80. The van der Waals surface area contributed by atoms with Gasteiger partial charge in [-0.25, -0.2) is 0 Å². The summed E-state index contributed by atoms with van der Waals surface area (Å²) in [6.45, 7) is 2.96. The van der Waals surface area contributed by atoms with Gasteiger partial charge >= 0.3 is 0 Å². The lowest BCUT2D eigenvalue weighted by molar-refractivity contribution is 0.619. The van der Waals surface area contributed by atoms with Crippen molar-refractivity contribution in [2.45, 2.75) is 13.0 Å². The maximum Gasteiger partial charge on any atom is 0.0958 e. The van der Waals surface area contributed by atoms with Crippen molar-refractivity contribution in [3.8, 4) is 0 Å². The van der Waals surface area contributed by atoms with E-state index in [1.165, 1.54) is 11.7 Å². The standard InChI is InChI=1S/C9H13N5S/c1-3-10-9(8-5-12-15-13-8)7-4-11-14(2)6-7/h4-6,9-10H,3H2,1-2H3. The van der Waals surface area contributed by atoms with Crippen LogP contribution < -0.4 is 5.32 Å². The van der Waals surface area contributed by atoms with E-state index in [4.69, 9.17) is 0 Å². The highest BCUT2D eigenvalue weighted by molar-refractivity contribution is 6.99. The molecule has 80 valence electrons. The zero-order chi connectivity index (χ0) is 10.7. The molecule has 15 heavy (non-hydrogen) atoms. The van der Waals surface area contributed by atoms with E-state index in [2.05, 4.69) is 26.1 Å². The second kappa shape index (κ2) is 4.50. The number of hydrogen-bond donors (Lipinski definition) is 1. The number of nitrogens with zero attached hydrogens (tertiary/aromatic N) is 4. The van der Waals surface area contributed by atoms with Crippen LogP contribution in [0.1, 0.15) is 24.2 Å². The van der Waals surface area contributed by atoms with E-state index in [0.717, 1.165) is 17.8 Å². The highest BCUT2D eigenvalue weighted by atomic mass is 32.1. The van der Waals surface area contributed by atoms with Gasteiger partial charge in [0.2, 0.25) is 0 Å². The molecular formula is C9H13N5S. The number of aryl methyl sites for hydroxylation is 1. The summed E-state index contributed by atoms with van der Waals surface area (Å²) in [5.41, 5.74) is 2.07. The smallest absolute Gasteiger partial charge is 0.0958 e. The van der Waals surface area contributed by atoms with E-state index >= 15 is 0 Å². The largest absolute Gasteiger partial charge is 0.305 e. The molecule has 1 unspecified atom stereocenters. The third-order valence-corrected chi connectivity index (χ3v) is 2.63. The molecule has 5 nitrogen and oxygen atoms in total. The summed E-state index contributed by atoms with van der Waals surface area (Å²) in [5.74, 6) is 0.